The van der Waals surface area contributed by atoms with E-state index in [0.29, 0.717) is 6.61 Å². The number of piperazine rings is 1. The van der Waals surface area contributed by atoms with E-state index in [4.69, 9.17) is 9.90 Å². The molecule has 42 heavy (non-hydrogen) atoms. The average Bonchev–Trinajstić information content (AvgIpc) is 3.50. The Labute approximate surface area is 250 Å². The highest BCUT2D eigenvalue weighted by molar-refractivity contribution is 5.91. The molecule has 3 heterocycles. The number of nitrogens with zero attached hydrogens (tertiary/aromatic N) is 4. The molecule has 2 aromatic carbocycles. The van der Waals surface area contributed by atoms with Gasteiger partial charge in [-0.3, -0.25) is 4.90 Å². The largest absolute Gasteiger partial charge is 0.396 e. The summed E-state index contributed by atoms with van der Waals surface area (Å²) in [6, 6.07) is 21.6. The third kappa shape index (κ3) is 9.46. The van der Waals surface area contributed by atoms with Gasteiger partial charge in [-0.2, -0.15) is 0 Å². The van der Waals surface area contributed by atoms with E-state index in [9.17, 15) is 0 Å². The first-order valence-corrected chi connectivity index (χ1v) is 14.9. The molecular weight excluding hydrogens is 526 g/mol. The standard InChI is InChI=1S/C31H40N6O.CH5N.CH2O/c1-24(26-9-5-4-6-10-26)34-30-28-21-29(35-31(28)33-23-32-30)27-13-11-25(12-14-27)22-37-18-16-36(17-19-37)15-7-2-3-8-20-38;2*1-2/h4-6,9-14,21,23-24,38H,2-3,7-8,15-20,22H2,1H3,(H2,32,33,34,35);2H2,1H3;1H2/t24-;;/m1../s1. The Hall–Kier alpha value is -3.63. The molecule has 0 radical (unpaired) electrons. The molecule has 0 amide bonds. The summed E-state index contributed by atoms with van der Waals surface area (Å²) in [7, 11) is 1.50. The van der Waals surface area contributed by atoms with Crippen molar-refractivity contribution in [1.82, 2.24) is 24.8 Å². The summed E-state index contributed by atoms with van der Waals surface area (Å²) >= 11 is 0. The first kappa shape index (κ1) is 32.9. The molecular formula is C33H47N7O2. The summed E-state index contributed by atoms with van der Waals surface area (Å²) < 4.78 is 0. The number of rotatable bonds is 12. The Morgan fingerprint density at radius 1 is 0.929 bits per heavy atom. The smallest absolute Gasteiger partial charge is 0.143 e. The van der Waals surface area contributed by atoms with E-state index >= 15 is 0 Å². The van der Waals surface area contributed by atoms with Gasteiger partial charge in [-0.05, 0) is 56.1 Å². The quantitative estimate of drug-likeness (QED) is 0.177. The number of nitrogens with one attached hydrogen (secondary N) is 2. The van der Waals surface area contributed by atoms with Gasteiger partial charge >= 0.3 is 0 Å². The minimum Gasteiger partial charge on any atom is -0.396 e. The topological polar surface area (TPSA) is 123 Å². The van der Waals surface area contributed by atoms with E-state index < -0.39 is 0 Å². The summed E-state index contributed by atoms with van der Waals surface area (Å²) in [6.45, 7) is 11.2. The van der Waals surface area contributed by atoms with Crippen LogP contribution in [0.5, 0.6) is 0 Å². The molecule has 0 unspecified atom stereocenters. The molecule has 5 rings (SSSR count). The van der Waals surface area contributed by atoms with Crippen LogP contribution in [-0.2, 0) is 11.3 Å². The number of benzene rings is 2. The maximum absolute atomic E-state index is 8.91. The lowest BCUT2D eigenvalue weighted by Crippen LogP contribution is -2.46. The summed E-state index contributed by atoms with van der Waals surface area (Å²) in [6.07, 6.45) is 6.16. The van der Waals surface area contributed by atoms with E-state index in [1.165, 1.54) is 37.6 Å². The Kier molecular flexibility index (Phi) is 14.1. The third-order valence-corrected chi connectivity index (χ3v) is 7.60. The maximum Gasteiger partial charge on any atom is 0.143 e. The van der Waals surface area contributed by atoms with Crippen molar-refractivity contribution in [3.05, 3.63) is 78.1 Å². The predicted molar refractivity (Wildman–Crippen MR) is 172 cm³/mol. The molecule has 0 saturated carbocycles. The highest BCUT2D eigenvalue weighted by atomic mass is 16.2. The van der Waals surface area contributed by atoms with E-state index in [1.54, 1.807) is 6.33 Å². The summed E-state index contributed by atoms with van der Waals surface area (Å²) in [5.41, 5.74) is 10.1. The number of carbonyl (C=O) groups is 1. The van der Waals surface area contributed by atoms with Gasteiger partial charge in [0.1, 0.15) is 24.6 Å². The first-order chi connectivity index (χ1) is 20.7. The number of aromatic nitrogens is 3. The lowest BCUT2D eigenvalue weighted by molar-refractivity contribution is -0.0980. The molecule has 1 aliphatic rings. The fourth-order valence-corrected chi connectivity index (χ4v) is 5.26. The van der Waals surface area contributed by atoms with Gasteiger partial charge in [-0.1, -0.05) is 67.4 Å². The molecule has 226 valence electrons. The monoisotopic (exact) mass is 573 g/mol. The lowest BCUT2D eigenvalue weighted by atomic mass is 10.1. The number of hydrogen-bond donors (Lipinski definition) is 4. The molecule has 9 nitrogen and oxygen atoms in total. The number of unbranched alkanes of at least 4 members (excludes halogenated alkanes) is 3. The van der Waals surface area contributed by atoms with Crippen molar-refractivity contribution in [2.24, 2.45) is 5.73 Å². The van der Waals surface area contributed by atoms with Crippen LogP contribution in [-0.4, -0.2) is 83.0 Å². The van der Waals surface area contributed by atoms with E-state index in [-0.39, 0.29) is 6.04 Å². The normalized spacial score (nSPS) is 14.4. The fourth-order valence-electron chi connectivity index (χ4n) is 5.26. The molecule has 2 aromatic heterocycles. The van der Waals surface area contributed by atoms with Gasteiger partial charge in [0.15, 0.2) is 0 Å². The second-order valence-corrected chi connectivity index (χ2v) is 10.4. The zero-order valence-corrected chi connectivity index (χ0v) is 25.1. The van der Waals surface area contributed by atoms with Gasteiger partial charge < -0.3 is 30.8 Å². The lowest BCUT2D eigenvalue weighted by Gasteiger charge is -2.34. The van der Waals surface area contributed by atoms with Crippen LogP contribution < -0.4 is 11.1 Å². The number of fused-ring (bicyclic) bond motifs is 1. The number of aliphatic hydroxyl groups is 1. The molecule has 5 N–H and O–H groups in total. The predicted octanol–water partition coefficient (Wildman–Crippen LogP) is 4.86. The van der Waals surface area contributed by atoms with Gasteiger partial charge in [0.05, 0.1) is 5.39 Å². The van der Waals surface area contributed by atoms with Gasteiger partial charge in [-0.15, -0.1) is 0 Å². The third-order valence-electron chi connectivity index (χ3n) is 7.60. The van der Waals surface area contributed by atoms with Crippen LogP contribution in [0.3, 0.4) is 0 Å². The number of aromatic amines is 1. The Morgan fingerprint density at radius 2 is 1.60 bits per heavy atom. The Morgan fingerprint density at radius 3 is 2.29 bits per heavy atom. The zero-order valence-electron chi connectivity index (χ0n) is 25.1. The number of nitrogens with two attached hydrogens (primary N) is 1. The van der Waals surface area contributed by atoms with Gasteiger partial charge in [-0.25, -0.2) is 9.97 Å². The van der Waals surface area contributed by atoms with Gasteiger partial charge in [0.2, 0.25) is 0 Å². The number of aliphatic hydroxyl groups excluding tert-OH is 1. The van der Waals surface area contributed by atoms with E-state index in [0.717, 1.165) is 73.7 Å². The molecule has 0 bridgehead atoms. The summed E-state index contributed by atoms with van der Waals surface area (Å²) in [5, 5.41) is 13.5. The van der Waals surface area contributed by atoms with Crippen LogP contribution >= 0.6 is 0 Å². The SMILES string of the molecule is C=O.CN.C[C@@H](Nc1ncnc2[nH]c(-c3ccc(CN4CCN(CCCCCCO)CC4)cc3)cc12)c1ccccc1. The van der Waals surface area contributed by atoms with Crippen LogP contribution in [0.1, 0.15) is 49.8 Å². The first-order valence-electron chi connectivity index (χ1n) is 14.9. The van der Waals surface area contributed by atoms with E-state index in [2.05, 4.69) is 97.3 Å². The molecule has 1 aliphatic heterocycles. The van der Waals surface area contributed by atoms with Crippen LogP contribution in [0, 0.1) is 0 Å². The highest BCUT2D eigenvalue weighted by Gasteiger charge is 2.17. The zero-order chi connectivity index (χ0) is 30.2. The maximum atomic E-state index is 8.91. The van der Waals surface area contributed by atoms with Crippen molar-refractivity contribution in [2.45, 2.75) is 45.2 Å². The molecule has 1 fully saturated rings. The molecule has 9 heteroatoms. The second-order valence-electron chi connectivity index (χ2n) is 10.4. The number of H-pyrrole nitrogens is 1. The number of hydrogen-bond acceptors (Lipinski definition) is 8. The highest BCUT2D eigenvalue weighted by Crippen LogP contribution is 2.29. The number of carbonyl (C=O) groups excluding carboxylic acids is 1. The van der Waals surface area contributed by atoms with Gasteiger partial charge in [0.25, 0.3) is 0 Å². The van der Waals surface area contributed by atoms with Crippen LogP contribution in [0.25, 0.3) is 22.3 Å². The summed E-state index contributed by atoms with van der Waals surface area (Å²) in [5.74, 6) is 0.842. The molecule has 0 aliphatic carbocycles. The minimum atomic E-state index is 0.144. The van der Waals surface area contributed by atoms with Crippen LogP contribution in [0.4, 0.5) is 5.82 Å². The molecule has 1 atom stereocenters. The van der Waals surface area contributed by atoms with Crippen molar-refractivity contribution < 1.29 is 9.90 Å². The van der Waals surface area contributed by atoms with Crippen molar-refractivity contribution >= 4 is 23.6 Å². The second kappa shape index (κ2) is 18.0. The van der Waals surface area contributed by atoms with Crippen molar-refractivity contribution in [3.63, 3.8) is 0 Å². The minimum absolute atomic E-state index is 0.144. The van der Waals surface area contributed by atoms with Crippen LogP contribution in [0.2, 0.25) is 0 Å². The van der Waals surface area contributed by atoms with E-state index in [1.807, 2.05) is 12.9 Å². The Bertz CT molecular complexity index is 1290. The van der Waals surface area contributed by atoms with Crippen molar-refractivity contribution in [3.8, 4) is 11.3 Å². The van der Waals surface area contributed by atoms with Gasteiger partial charge in [0, 0.05) is 51.1 Å². The molecule has 1 saturated heterocycles. The molecule has 0 spiro atoms. The molecule has 4 aromatic rings. The van der Waals surface area contributed by atoms with Crippen molar-refractivity contribution in [2.75, 3.05) is 51.7 Å². The van der Waals surface area contributed by atoms with Crippen molar-refractivity contribution in [1.29, 1.82) is 0 Å². The van der Waals surface area contributed by atoms with Crippen LogP contribution in [0.15, 0.2) is 67.0 Å². The fraction of sp³-hybridized carbons (Fsp3) is 0.424. The Balaban J connectivity index is 0.00000116. The summed E-state index contributed by atoms with van der Waals surface area (Å²) in [4.78, 5) is 25.6. The number of anilines is 1. The average molecular weight is 574 g/mol.